The molecule has 0 radical (unpaired) electrons. The predicted molar refractivity (Wildman–Crippen MR) is 31.0 cm³/mol. The highest BCUT2D eigenvalue weighted by molar-refractivity contribution is 6.70. The summed E-state index contributed by atoms with van der Waals surface area (Å²) in [5.41, 5.74) is -1.93. The number of alkyl halides is 5. The summed E-state index contributed by atoms with van der Waals surface area (Å²) in [6, 6.07) is 0. The van der Waals surface area contributed by atoms with Gasteiger partial charge in [-0.25, -0.2) is 4.39 Å². The van der Waals surface area contributed by atoms with Crippen LogP contribution in [0.3, 0.4) is 0 Å². The zero-order chi connectivity index (χ0) is 6.08. The lowest BCUT2D eigenvalue weighted by Crippen LogP contribution is -2.12. The van der Waals surface area contributed by atoms with Crippen LogP contribution in [0.5, 0.6) is 0 Å². The smallest absolute Gasteiger partial charge is 0.225 e. The first-order valence-electron chi connectivity index (χ1n) is 1.29. The molecule has 0 aromatic heterocycles. The molecule has 0 spiro atoms. The lowest BCUT2D eigenvalue weighted by molar-refractivity contribution is 0.450. The number of rotatable bonds is 0. The van der Waals surface area contributed by atoms with Gasteiger partial charge in [0.15, 0.2) is 0 Å². The average Bonchev–Trinajstić information content (AvgIpc) is 1.31. The summed E-state index contributed by atoms with van der Waals surface area (Å²) in [5.74, 6) is 0. The first-order valence-corrected chi connectivity index (χ1v) is 2.86. The topological polar surface area (TPSA) is 0 Å². The maximum atomic E-state index is 11.6. The summed E-state index contributed by atoms with van der Waals surface area (Å²) in [6.45, 7) is 0. The minimum Gasteiger partial charge on any atom is -0.225 e. The Hall–Kier alpha value is 1.09. The highest BCUT2D eigenvalue weighted by Crippen LogP contribution is 2.34. The first kappa shape index (κ1) is 8.09. The quantitative estimate of drug-likeness (QED) is 0.510. The van der Waals surface area contributed by atoms with Gasteiger partial charge in [0.2, 0.25) is 9.42 Å². The van der Waals surface area contributed by atoms with Crippen LogP contribution in [-0.2, 0) is 0 Å². The Balaban J connectivity index is 3.54. The Morgan fingerprint density at radius 3 is 1.43 bits per heavy atom. The van der Waals surface area contributed by atoms with E-state index in [9.17, 15) is 4.39 Å². The van der Waals surface area contributed by atoms with Gasteiger partial charge in [-0.1, -0.05) is 46.4 Å². The highest BCUT2D eigenvalue weighted by atomic mass is 35.6. The van der Waals surface area contributed by atoms with Crippen LogP contribution in [0.2, 0.25) is 0 Å². The monoisotopic (exact) mass is 184 g/mol. The molecular weight excluding hydrogens is 185 g/mol. The van der Waals surface area contributed by atoms with Gasteiger partial charge in [0.05, 0.1) is 0 Å². The van der Waals surface area contributed by atoms with Gasteiger partial charge in [0, 0.05) is 0 Å². The lowest BCUT2D eigenvalue weighted by Gasteiger charge is -2.07. The predicted octanol–water partition coefficient (Wildman–Crippen LogP) is 2.89. The van der Waals surface area contributed by atoms with Crippen molar-refractivity contribution in [3.8, 4) is 0 Å². The molecule has 0 bridgehead atoms. The Morgan fingerprint density at radius 2 is 1.43 bits per heavy atom. The van der Waals surface area contributed by atoms with Crippen LogP contribution in [0.25, 0.3) is 0 Å². The molecule has 0 aromatic rings. The van der Waals surface area contributed by atoms with Gasteiger partial charge in [0.1, 0.15) is 0 Å². The lowest BCUT2D eigenvalue weighted by atomic mass is 10.9. The van der Waals surface area contributed by atoms with Crippen molar-refractivity contribution in [1.82, 2.24) is 0 Å². The second kappa shape index (κ2) is 2.58. The Morgan fingerprint density at radius 1 is 1.29 bits per heavy atom. The molecule has 44 valence electrons. The molecule has 0 aliphatic rings. The van der Waals surface area contributed by atoms with Crippen LogP contribution in [-0.4, -0.2) is 9.42 Å². The number of hydrogen-bond acceptors (Lipinski definition) is 0. The van der Waals surface area contributed by atoms with Crippen LogP contribution in [0.1, 0.15) is 0 Å². The number of hydrogen-bond donors (Lipinski definition) is 0. The van der Waals surface area contributed by atoms with Crippen LogP contribution >= 0.6 is 46.4 Å². The summed E-state index contributed by atoms with van der Waals surface area (Å²) in [6.07, 6.45) is 0. The van der Waals surface area contributed by atoms with Crippen molar-refractivity contribution in [1.29, 1.82) is 0 Å². The zero-order valence-electron chi connectivity index (χ0n) is 2.97. The first-order chi connectivity index (χ1) is 2.94. The molecule has 0 N–H and O–H groups in total. The van der Waals surface area contributed by atoms with E-state index in [-0.39, 0.29) is 0 Å². The molecule has 1 atom stereocenters. The molecule has 0 saturated carbocycles. The Kier molecular flexibility index (Phi) is 2.99. The van der Waals surface area contributed by atoms with Gasteiger partial charge < -0.3 is 0 Å². The average molecular weight is 186 g/mol. The van der Waals surface area contributed by atoms with Crippen molar-refractivity contribution < 1.29 is 4.39 Å². The Labute approximate surface area is 60.5 Å². The fraction of sp³-hybridized carbons (Fsp3) is 1.00. The van der Waals surface area contributed by atoms with Gasteiger partial charge in [-0.05, 0) is 0 Å². The standard InChI is InChI=1S/C2HCl4F/c3-1(7)2(4,5)6/h1H/t1-/m1/s1. The molecule has 0 aliphatic carbocycles. The van der Waals surface area contributed by atoms with Crippen molar-refractivity contribution in [2.75, 3.05) is 0 Å². The molecule has 0 aromatic carbocycles. The van der Waals surface area contributed by atoms with E-state index in [1.54, 1.807) is 0 Å². The maximum absolute atomic E-state index is 11.6. The molecule has 0 rings (SSSR count). The van der Waals surface area contributed by atoms with E-state index in [4.69, 9.17) is 46.4 Å². The summed E-state index contributed by atoms with van der Waals surface area (Å²) in [5, 5.41) is 0. The van der Waals surface area contributed by atoms with E-state index in [0.717, 1.165) is 0 Å². The van der Waals surface area contributed by atoms with Crippen LogP contribution in [0.15, 0.2) is 0 Å². The van der Waals surface area contributed by atoms with Crippen molar-refractivity contribution in [3.63, 3.8) is 0 Å². The largest absolute Gasteiger partial charge is 0.235 e. The van der Waals surface area contributed by atoms with E-state index >= 15 is 0 Å². The SMILES string of the molecule is F[C@@H](Cl)C(Cl)(Cl)Cl. The zero-order valence-corrected chi connectivity index (χ0v) is 5.99. The fourth-order valence-electron chi connectivity index (χ4n) is 0. The minimum absolute atomic E-state index is 1.93. The van der Waals surface area contributed by atoms with Crippen LogP contribution < -0.4 is 0 Å². The van der Waals surface area contributed by atoms with E-state index < -0.39 is 9.42 Å². The number of halogens is 5. The van der Waals surface area contributed by atoms with E-state index in [2.05, 4.69) is 0 Å². The van der Waals surface area contributed by atoms with Gasteiger partial charge in [0.25, 0.3) is 0 Å². The van der Waals surface area contributed by atoms with Crippen molar-refractivity contribution in [2.45, 2.75) is 9.42 Å². The van der Waals surface area contributed by atoms with Crippen LogP contribution in [0, 0.1) is 0 Å². The van der Waals surface area contributed by atoms with Gasteiger partial charge in [-0.15, -0.1) is 0 Å². The van der Waals surface area contributed by atoms with Gasteiger partial charge >= 0.3 is 0 Å². The van der Waals surface area contributed by atoms with E-state index in [1.807, 2.05) is 0 Å². The molecular formula is C2HCl4F. The molecule has 7 heavy (non-hydrogen) atoms. The van der Waals surface area contributed by atoms with Gasteiger partial charge in [-0.3, -0.25) is 0 Å². The maximum Gasteiger partial charge on any atom is 0.235 e. The Bertz CT molecular complexity index is 55.2. The third-order valence-electron chi connectivity index (χ3n) is 0.247. The van der Waals surface area contributed by atoms with Crippen LogP contribution in [0.4, 0.5) is 4.39 Å². The molecule has 0 saturated heterocycles. The second-order valence-electron chi connectivity index (χ2n) is 0.842. The van der Waals surface area contributed by atoms with Crippen molar-refractivity contribution >= 4 is 46.4 Å². The third kappa shape index (κ3) is 3.65. The summed E-state index contributed by atoms with van der Waals surface area (Å²) < 4.78 is 9.59. The summed E-state index contributed by atoms with van der Waals surface area (Å²) in [7, 11) is 0. The fourth-order valence-corrected chi connectivity index (χ4v) is 0. The van der Waals surface area contributed by atoms with Crippen molar-refractivity contribution in [2.24, 2.45) is 0 Å². The minimum atomic E-state index is -1.98. The highest BCUT2D eigenvalue weighted by Gasteiger charge is 2.30. The third-order valence-corrected chi connectivity index (χ3v) is 1.48. The second-order valence-corrected chi connectivity index (χ2v) is 3.59. The summed E-state index contributed by atoms with van der Waals surface area (Å²) in [4.78, 5) is 0. The molecule has 0 aliphatic heterocycles. The molecule has 0 nitrogen and oxygen atoms in total. The molecule has 5 heteroatoms. The molecule has 0 fully saturated rings. The van der Waals surface area contributed by atoms with Gasteiger partial charge in [-0.2, -0.15) is 0 Å². The van der Waals surface area contributed by atoms with E-state index in [1.165, 1.54) is 0 Å². The molecule has 0 heterocycles. The molecule has 0 amide bonds. The normalized spacial score (nSPS) is 16.7. The van der Waals surface area contributed by atoms with Crippen molar-refractivity contribution in [3.05, 3.63) is 0 Å². The molecule has 0 unspecified atom stereocenters. The van der Waals surface area contributed by atoms with E-state index in [0.29, 0.717) is 0 Å². The summed E-state index contributed by atoms with van der Waals surface area (Å²) >= 11 is 19.4.